The van der Waals surface area contributed by atoms with Crippen molar-refractivity contribution in [3.8, 4) is 5.75 Å². The molecule has 0 radical (unpaired) electrons. The maximum absolute atomic E-state index is 6.17. The molecule has 1 fully saturated rings. The second-order valence-corrected chi connectivity index (χ2v) is 6.08. The Hall–Kier alpha value is -0.770. The van der Waals surface area contributed by atoms with Gasteiger partial charge in [0, 0.05) is 19.1 Å². The van der Waals surface area contributed by atoms with Crippen LogP contribution in [0.1, 0.15) is 32.8 Å². The summed E-state index contributed by atoms with van der Waals surface area (Å²) in [7, 11) is 4.31. The second-order valence-electron chi connectivity index (χ2n) is 5.67. The maximum Gasteiger partial charge on any atom is 0.138 e. The van der Waals surface area contributed by atoms with E-state index < -0.39 is 0 Å². The van der Waals surface area contributed by atoms with Gasteiger partial charge in [-0.25, -0.2) is 0 Å². The van der Waals surface area contributed by atoms with E-state index in [1.54, 1.807) is 0 Å². The van der Waals surface area contributed by atoms with Crippen molar-refractivity contribution in [2.24, 2.45) is 0 Å². The van der Waals surface area contributed by atoms with E-state index in [1.807, 2.05) is 19.9 Å². The molecule has 1 heterocycles. The smallest absolute Gasteiger partial charge is 0.138 e. The lowest BCUT2D eigenvalue weighted by molar-refractivity contribution is 0.220. The summed E-state index contributed by atoms with van der Waals surface area (Å²) in [5.41, 5.74) is 1.26. The van der Waals surface area contributed by atoms with Gasteiger partial charge in [0.2, 0.25) is 0 Å². The van der Waals surface area contributed by atoms with E-state index >= 15 is 0 Å². The molecule has 0 spiro atoms. The molecule has 0 saturated carbocycles. The largest absolute Gasteiger partial charge is 0.491 e. The van der Waals surface area contributed by atoms with Gasteiger partial charge in [0.25, 0.3) is 0 Å². The number of nitrogens with zero attached hydrogens (tertiary/aromatic N) is 2. The predicted molar refractivity (Wildman–Crippen MR) is 96.2 cm³/mol. The average molecular weight is 327 g/mol. The van der Waals surface area contributed by atoms with Crippen LogP contribution in [0.2, 0.25) is 5.02 Å². The molecule has 1 aromatic carbocycles. The predicted octanol–water partition coefficient (Wildman–Crippen LogP) is 3.94. The molecule has 1 atom stereocenters. The zero-order chi connectivity index (χ0) is 16.5. The Morgan fingerprint density at radius 3 is 2.64 bits per heavy atom. The zero-order valence-corrected chi connectivity index (χ0v) is 15.5. The minimum atomic E-state index is 0.682. The lowest BCUT2D eigenvalue weighted by atomic mass is 10.2. The molecule has 1 saturated heterocycles. The molecule has 0 bridgehead atoms. The van der Waals surface area contributed by atoms with Gasteiger partial charge in [0.1, 0.15) is 12.4 Å². The van der Waals surface area contributed by atoms with Crippen LogP contribution in [0.25, 0.3) is 0 Å². The van der Waals surface area contributed by atoms with Crippen LogP contribution in [0.4, 0.5) is 0 Å². The molecule has 1 unspecified atom stereocenters. The van der Waals surface area contributed by atoms with Crippen molar-refractivity contribution in [2.45, 2.75) is 39.7 Å². The topological polar surface area (TPSA) is 15.7 Å². The fraction of sp³-hybridized carbons (Fsp3) is 0.667. The molecule has 0 amide bonds. The van der Waals surface area contributed by atoms with Crippen LogP contribution >= 0.6 is 11.6 Å². The van der Waals surface area contributed by atoms with Crippen molar-refractivity contribution in [1.82, 2.24) is 9.80 Å². The highest BCUT2D eigenvalue weighted by atomic mass is 35.5. The number of hydrogen-bond acceptors (Lipinski definition) is 3. The first-order chi connectivity index (χ1) is 10.6. The van der Waals surface area contributed by atoms with E-state index in [2.05, 4.69) is 43.0 Å². The summed E-state index contributed by atoms with van der Waals surface area (Å²) in [5.74, 6) is 0.814. The first-order valence-electron chi connectivity index (χ1n) is 8.40. The normalized spacial score (nSPS) is 18.2. The summed E-state index contributed by atoms with van der Waals surface area (Å²) in [6.45, 7) is 10.1. The third kappa shape index (κ3) is 5.79. The molecule has 0 aromatic heterocycles. The van der Waals surface area contributed by atoms with Crippen molar-refractivity contribution < 1.29 is 4.74 Å². The fourth-order valence-corrected chi connectivity index (χ4v) is 2.77. The number of halogens is 1. The molecule has 1 aromatic rings. The van der Waals surface area contributed by atoms with Gasteiger partial charge in [-0.3, -0.25) is 4.90 Å². The number of likely N-dealkylation sites (tertiary alicyclic amines) is 1. The van der Waals surface area contributed by atoms with Crippen LogP contribution in [0.15, 0.2) is 18.2 Å². The number of ether oxygens (including phenoxy) is 1. The minimum absolute atomic E-state index is 0.682. The number of hydrogen-bond donors (Lipinski definition) is 0. The van der Waals surface area contributed by atoms with E-state index in [0.29, 0.717) is 17.7 Å². The van der Waals surface area contributed by atoms with Gasteiger partial charge in [-0.15, -0.1) is 0 Å². The van der Waals surface area contributed by atoms with Gasteiger partial charge in [-0.2, -0.15) is 0 Å². The SMILES string of the molecule is CC.CCc1ccc(Cl)c(OCCN2CCC(N(C)C)C2)c1. The monoisotopic (exact) mass is 326 g/mol. The molecule has 4 heteroatoms. The molecular weight excluding hydrogens is 296 g/mol. The van der Waals surface area contributed by atoms with Gasteiger partial charge in [0.05, 0.1) is 5.02 Å². The van der Waals surface area contributed by atoms with Crippen LogP contribution in [-0.2, 0) is 6.42 Å². The molecular formula is C18H31ClN2O. The van der Waals surface area contributed by atoms with Crippen molar-refractivity contribution in [3.63, 3.8) is 0 Å². The average Bonchev–Trinajstić information content (AvgIpc) is 3.00. The Morgan fingerprint density at radius 1 is 1.32 bits per heavy atom. The summed E-state index contributed by atoms with van der Waals surface area (Å²) in [6.07, 6.45) is 2.25. The first kappa shape index (κ1) is 19.3. The van der Waals surface area contributed by atoms with E-state index in [4.69, 9.17) is 16.3 Å². The Bertz CT molecular complexity index is 437. The fourth-order valence-electron chi connectivity index (χ4n) is 2.60. The van der Waals surface area contributed by atoms with Gasteiger partial charge >= 0.3 is 0 Å². The highest BCUT2D eigenvalue weighted by molar-refractivity contribution is 6.32. The van der Waals surface area contributed by atoms with Crippen molar-refractivity contribution in [3.05, 3.63) is 28.8 Å². The van der Waals surface area contributed by atoms with Gasteiger partial charge < -0.3 is 9.64 Å². The lowest BCUT2D eigenvalue weighted by Crippen LogP contribution is -2.33. The quantitative estimate of drug-likeness (QED) is 0.787. The molecule has 1 aliphatic rings. The van der Waals surface area contributed by atoms with Crippen LogP contribution in [-0.4, -0.2) is 56.2 Å². The number of likely N-dealkylation sites (N-methyl/N-ethyl adjacent to an activating group) is 1. The standard InChI is InChI=1S/C16H25ClN2O.C2H6/c1-4-13-5-6-15(17)16(11-13)20-10-9-19-8-7-14(12-19)18(2)3;1-2/h5-6,11,14H,4,7-10,12H2,1-3H3;1-2H3. The second kappa shape index (κ2) is 10.1. The first-order valence-corrected chi connectivity index (χ1v) is 8.78. The lowest BCUT2D eigenvalue weighted by Gasteiger charge is -2.20. The Kier molecular flexibility index (Phi) is 8.84. The van der Waals surface area contributed by atoms with E-state index in [-0.39, 0.29) is 0 Å². The Morgan fingerprint density at radius 2 is 2.05 bits per heavy atom. The number of rotatable bonds is 6. The van der Waals surface area contributed by atoms with Crippen LogP contribution in [0, 0.1) is 0 Å². The van der Waals surface area contributed by atoms with Crippen LogP contribution < -0.4 is 4.74 Å². The van der Waals surface area contributed by atoms with Crippen LogP contribution in [0.5, 0.6) is 5.75 Å². The van der Waals surface area contributed by atoms with Crippen LogP contribution in [0.3, 0.4) is 0 Å². The molecule has 22 heavy (non-hydrogen) atoms. The van der Waals surface area contributed by atoms with Gasteiger partial charge in [-0.1, -0.05) is 38.4 Å². The third-order valence-corrected chi connectivity index (χ3v) is 4.36. The summed E-state index contributed by atoms with van der Waals surface area (Å²) in [4.78, 5) is 4.77. The Labute approximate surface area is 141 Å². The highest BCUT2D eigenvalue weighted by Crippen LogP contribution is 2.25. The molecule has 1 aliphatic heterocycles. The number of benzene rings is 1. The number of aryl methyl sites for hydroxylation is 1. The van der Waals surface area contributed by atoms with Crippen molar-refractivity contribution in [2.75, 3.05) is 40.3 Å². The van der Waals surface area contributed by atoms with Gasteiger partial charge in [0.15, 0.2) is 0 Å². The summed E-state index contributed by atoms with van der Waals surface area (Å²) in [5, 5.41) is 0.704. The molecule has 2 rings (SSSR count). The molecule has 3 nitrogen and oxygen atoms in total. The zero-order valence-electron chi connectivity index (χ0n) is 14.7. The van der Waals surface area contributed by atoms with E-state index in [0.717, 1.165) is 31.8 Å². The molecule has 0 N–H and O–H groups in total. The maximum atomic E-state index is 6.17. The highest BCUT2D eigenvalue weighted by Gasteiger charge is 2.23. The van der Waals surface area contributed by atoms with E-state index in [1.165, 1.54) is 12.0 Å². The summed E-state index contributed by atoms with van der Waals surface area (Å²) < 4.78 is 5.85. The van der Waals surface area contributed by atoms with Crippen molar-refractivity contribution >= 4 is 11.6 Å². The van der Waals surface area contributed by atoms with Crippen molar-refractivity contribution in [1.29, 1.82) is 0 Å². The summed E-state index contributed by atoms with van der Waals surface area (Å²) >= 11 is 6.17. The summed E-state index contributed by atoms with van der Waals surface area (Å²) in [6, 6.07) is 6.71. The molecule has 126 valence electrons. The minimum Gasteiger partial charge on any atom is -0.491 e. The Balaban J connectivity index is 0.00000116. The third-order valence-electron chi connectivity index (χ3n) is 4.05. The molecule has 0 aliphatic carbocycles. The van der Waals surface area contributed by atoms with Gasteiger partial charge in [-0.05, 0) is 51.2 Å². The van der Waals surface area contributed by atoms with E-state index in [9.17, 15) is 0 Å².